The van der Waals surface area contributed by atoms with E-state index in [1.54, 1.807) is 30.6 Å². The number of rotatable bonds is 7. The number of aromatic nitrogens is 1. The Kier molecular flexibility index (Phi) is 5.14. The average Bonchev–Trinajstić information content (AvgIpc) is 3.50. The highest BCUT2D eigenvalue weighted by Crippen LogP contribution is 2.30. The van der Waals surface area contributed by atoms with Gasteiger partial charge in [0.15, 0.2) is 18.1 Å². The molecule has 1 amide bonds. The molecule has 3 rings (SSSR count). The Balaban J connectivity index is 1.65. The van der Waals surface area contributed by atoms with Crippen LogP contribution in [-0.2, 0) is 11.3 Å². The van der Waals surface area contributed by atoms with Crippen molar-refractivity contribution in [2.75, 3.05) is 13.7 Å². The summed E-state index contributed by atoms with van der Waals surface area (Å²) in [5.74, 6) is 0.833. The average molecular weight is 337 g/mol. The van der Waals surface area contributed by atoms with Crippen molar-refractivity contribution in [3.8, 4) is 17.6 Å². The predicted octanol–water partition coefficient (Wildman–Crippen LogP) is 2.53. The van der Waals surface area contributed by atoms with Crippen LogP contribution in [0.2, 0.25) is 0 Å². The molecule has 6 heteroatoms. The third kappa shape index (κ3) is 4.27. The van der Waals surface area contributed by atoms with Crippen molar-refractivity contribution in [3.05, 3.63) is 53.9 Å². The van der Waals surface area contributed by atoms with E-state index in [2.05, 4.69) is 4.98 Å². The van der Waals surface area contributed by atoms with Crippen molar-refractivity contribution in [2.45, 2.75) is 25.4 Å². The van der Waals surface area contributed by atoms with Crippen LogP contribution in [0.15, 0.2) is 42.7 Å². The molecule has 0 atom stereocenters. The van der Waals surface area contributed by atoms with E-state index in [4.69, 9.17) is 14.7 Å². The number of benzene rings is 1. The summed E-state index contributed by atoms with van der Waals surface area (Å²) in [6, 6.07) is 11.0. The molecule has 0 radical (unpaired) electrons. The smallest absolute Gasteiger partial charge is 0.261 e. The maximum Gasteiger partial charge on any atom is 0.261 e. The molecule has 0 N–H and O–H groups in total. The van der Waals surface area contributed by atoms with Crippen LogP contribution in [0, 0.1) is 11.3 Å². The van der Waals surface area contributed by atoms with Crippen molar-refractivity contribution < 1.29 is 14.3 Å². The molecule has 0 unspecified atom stereocenters. The van der Waals surface area contributed by atoms with Gasteiger partial charge >= 0.3 is 0 Å². The summed E-state index contributed by atoms with van der Waals surface area (Å²) in [5.41, 5.74) is 1.53. The number of hydrogen-bond donors (Lipinski definition) is 0. The zero-order chi connectivity index (χ0) is 17.6. The van der Waals surface area contributed by atoms with Gasteiger partial charge in [-0.15, -0.1) is 0 Å². The molecule has 1 aliphatic rings. The Labute approximate surface area is 146 Å². The van der Waals surface area contributed by atoms with Crippen LogP contribution in [0.5, 0.6) is 11.5 Å². The summed E-state index contributed by atoms with van der Waals surface area (Å²) in [6.07, 6.45) is 5.50. The van der Waals surface area contributed by atoms with Crippen molar-refractivity contribution in [1.29, 1.82) is 5.26 Å². The SMILES string of the molecule is COc1cc(C#N)ccc1OCC(=O)N(Cc1ccncc1)C1CC1. The van der Waals surface area contributed by atoms with Crippen LogP contribution >= 0.6 is 0 Å². The molecule has 0 bridgehead atoms. The van der Waals surface area contributed by atoms with Gasteiger partial charge in [-0.05, 0) is 42.7 Å². The van der Waals surface area contributed by atoms with Crippen molar-refractivity contribution in [3.63, 3.8) is 0 Å². The van der Waals surface area contributed by atoms with E-state index in [0.29, 0.717) is 23.6 Å². The quantitative estimate of drug-likeness (QED) is 0.776. The van der Waals surface area contributed by atoms with E-state index in [9.17, 15) is 4.79 Å². The number of hydrogen-bond acceptors (Lipinski definition) is 5. The van der Waals surface area contributed by atoms with E-state index in [1.165, 1.54) is 7.11 Å². The highest BCUT2D eigenvalue weighted by molar-refractivity contribution is 5.78. The van der Waals surface area contributed by atoms with Crippen molar-refractivity contribution in [2.24, 2.45) is 0 Å². The lowest BCUT2D eigenvalue weighted by Gasteiger charge is -2.23. The summed E-state index contributed by atoms with van der Waals surface area (Å²) in [6.45, 7) is 0.490. The normalized spacial score (nSPS) is 13.0. The summed E-state index contributed by atoms with van der Waals surface area (Å²) in [5, 5.41) is 8.94. The summed E-state index contributed by atoms with van der Waals surface area (Å²) in [7, 11) is 1.51. The first-order valence-electron chi connectivity index (χ1n) is 8.10. The maximum absolute atomic E-state index is 12.6. The molecule has 1 heterocycles. The van der Waals surface area contributed by atoms with Gasteiger partial charge in [-0.2, -0.15) is 5.26 Å². The van der Waals surface area contributed by atoms with Gasteiger partial charge in [-0.25, -0.2) is 0 Å². The number of amides is 1. The van der Waals surface area contributed by atoms with Gasteiger partial charge < -0.3 is 14.4 Å². The number of methoxy groups -OCH3 is 1. The molecule has 0 aliphatic heterocycles. The van der Waals surface area contributed by atoms with Crippen LogP contribution in [0.4, 0.5) is 0 Å². The summed E-state index contributed by atoms with van der Waals surface area (Å²) in [4.78, 5) is 18.5. The molecule has 0 spiro atoms. The molecular formula is C19H19N3O3. The van der Waals surface area contributed by atoms with Crippen LogP contribution in [0.25, 0.3) is 0 Å². The molecule has 1 aromatic carbocycles. The van der Waals surface area contributed by atoms with Crippen LogP contribution in [0.3, 0.4) is 0 Å². The Morgan fingerprint density at radius 3 is 2.68 bits per heavy atom. The largest absolute Gasteiger partial charge is 0.493 e. The Hall–Kier alpha value is -3.07. The second-order valence-electron chi connectivity index (χ2n) is 5.87. The summed E-state index contributed by atoms with van der Waals surface area (Å²) < 4.78 is 10.9. The van der Waals surface area contributed by atoms with Crippen molar-refractivity contribution >= 4 is 5.91 Å². The number of nitrogens with zero attached hydrogens (tertiary/aromatic N) is 3. The third-order valence-corrected chi connectivity index (χ3v) is 4.05. The van der Waals surface area contributed by atoms with Gasteiger partial charge in [0.2, 0.25) is 0 Å². The Bertz CT molecular complexity index is 782. The number of ether oxygens (including phenoxy) is 2. The number of carbonyl (C=O) groups is 1. The molecule has 25 heavy (non-hydrogen) atoms. The fourth-order valence-corrected chi connectivity index (χ4v) is 2.57. The minimum Gasteiger partial charge on any atom is -0.493 e. The molecule has 128 valence electrons. The summed E-state index contributed by atoms with van der Waals surface area (Å²) >= 11 is 0. The van der Waals surface area contributed by atoms with Gasteiger partial charge in [0.05, 0.1) is 18.7 Å². The van der Waals surface area contributed by atoms with E-state index >= 15 is 0 Å². The number of pyridine rings is 1. The van der Waals surface area contributed by atoms with Gasteiger partial charge in [-0.3, -0.25) is 9.78 Å². The molecule has 1 saturated carbocycles. The van der Waals surface area contributed by atoms with Crippen molar-refractivity contribution in [1.82, 2.24) is 9.88 Å². The first-order valence-corrected chi connectivity index (χ1v) is 8.10. The van der Waals surface area contributed by atoms with Gasteiger partial charge in [0.1, 0.15) is 0 Å². The third-order valence-electron chi connectivity index (χ3n) is 4.05. The fourth-order valence-electron chi connectivity index (χ4n) is 2.57. The zero-order valence-corrected chi connectivity index (χ0v) is 14.0. The highest BCUT2D eigenvalue weighted by atomic mass is 16.5. The minimum atomic E-state index is -0.0656. The highest BCUT2D eigenvalue weighted by Gasteiger charge is 2.32. The lowest BCUT2D eigenvalue weighted by Crippen LogP contribution is -2.36. The number of carbonyl (C=O) groups excluding carboxylic acids is 1. The molecule has 2 aromatic rings. The topological polar surface area (TPSA) is 75.5 Å². The minimum absolute atomic E-state index is 0.0641. The van der Waals surface area contributed by atoms with Crippen LogP contribution in [-0.4, -0.2) is 35.5 Å². The Morgan fingerprint density at radius 1 is 1.28 bits per heavy atom. The Morgan fingerprint density at radius 2 is 2.04 bits per heavy atom. The van der Waals surface area contributed by atoms with Crippen LogP contribution < -0.4 is 9.47 Å². The fraction of sp³-hybridized carbons (Fsp3) is 0.316. The molecule has 1 aliphatic carbocycles. The second-order valence-corrected chi connectivity index (χ2v) is 5.87. The second kappa shape index (κ2) is 7.67. The van der Waals surface area contributed by atoms with E-state index in [-0.39, 0.29) is 18.6 Å². The standard InChI is InChI=1S/C19H19N3O3/c1-24-18-10-15(11-20)2-5-17(18)25-13-19(23)22(16-3-4-16)12-14-6-8-21-9-7-14/h2,5-10,16H,3-4,12-13H2,1H3. The maximum atomic E-state index is 12.6. The molecule has 1 aromatic heterocycles. The van der Waals surface area contributed by atoms with E-state index in [0.717, 1.165) is 18.4 Å². The number of nitriles is 1. The van der Waals surface area contributed by atoms with Gasteiger partial charge in [0, 0.05) is 31.0 Å². The van der Waals surface area contributed by atoms with E-state index < -0.39 is 0 Å². The monoisotopic (exact) mass is 337 g/mol. The molecular weight excluding hydrogens is 318 g/mol. The lowest BCUT2D eigenvalue weighted by atomic mass is 10.2. The van der Waals surface area contributed by atoms with Gasteiger partial charge in [0.25, 0.3) is 5.91 Å². The molecule has 6 nitrogen and oxygen atoms in total. The first-order chi connectivity index (χ1) is 12.2. The first kappa shape index (κ1) is 16.8. The van der Waals surface area contributed by atoms with Crippen LogP contribution in [0.1, 0.15) is 24.0 Å². The molecule has 0 saturated heterocycles. The zero-order valence-electron chi connectivity index (χ0n) is 14.0. The van der Waals surface area contributed by atoms with Gasteiger partial charge in [-0.1, -0.05) is 0 Å². The predicted molar refractivity (Wildman–Crippen MR) is 91.0 cm³/mol. The lowest BCUT2D eigenvalue weighted by molar-refractivity contribution is -0.134. The molecule has 1 fully saturated rings. The van der Waals surface area contributed by atoms with E-state index in [1.807, 2.05) is 23.1 Å².